The monoisotopic (exact) mass is 270 g/mol. The molecule has 1 N–H and O–H groups in total. The van der Waals surface area contributed by atoms with E-state index in [0.717, 1.165) is 5.56 Å². The molecule has 0 bridgehead atoms. The Morgan fingerprint density at radius 2 is 2.25 bits per heavy atom. The number of carboxylic acid groups (broad SMARTS) is 1. The molecule has 0 amide bonds. The highest BCUT2D eigenvalue weighted by Crippen LogP contribution is 2.26. The fourth-order valence-electron chi connectivity index (χ4n) is 1.75. The summed E-state index contributed by atoms with van der Waals surface area (Å²) in [6.07, 6.45) is 4.79. The number of hydrogen-bond donors (Lipinski definition) is 1. The van der Waals surface area contributed by atoms with Crippen LogP contribution in [0.15, 0.2) is 36.9 Å². The van der Waals surface area contributed by atoms with E-state index in [-0.39, 0.29) is 11.4 Å². The summed E-state index contributed by atoms with van der Waals surface area (Å²) in [5.74, 6) is -0.312. The van der Waals surface area contributed by atoms with Gasteiger partial charge in [0.15, 0.2) is 0 Å². The number of carboxylic acids is 1. The first-order valence-electron chi connectivity index (χ1n) is 5.81. The molecule has 0 aliphatic heterocycles. The Morgan fingerprint density at radius 1 is 1.40 bits per heavy atom. The lowest BCUT2D eigenvalue weighted by Crippen LogP contribution is -1.99. The zero-order valence-corrected chi connectivity index (χ0v) is 10.5. The van der Waals surface area contributed by atoms with Crippen LogP contribution in [0.25, 0.3) is 5.65 Å². The summed E-state index contributed by atoms with van der Waals surface area (Å²) in [6, 6.07) is 4.66. The number of ether oxygens (including phenoxy) is 1. The molecule has 1 aromatic carbocycles. The molecule has 0 saturated heterocycles. The van der Waals surface area contributed by atoms with Gasteiger partial charge in [-0.2, -0.15) is 0 Å². The van der Waals surface area contributed by atoms with Gasteiger partial charge in [-0.05, 0) is 24.6 Å². The van der Waals surface area contributed by atoms with Gasteiger partial charge in [0.25, 0.3) is 5.88 Å². The van der Waals surface area contributed by atoms with Crippen molar-refractivity contribution < 1.29 is 14.6 Å². The summed E-state index contributed by atoms with van der Waals surface area (Å²) in [5, 5.41) is 16.7. The normalized spacial score (nSPS) is 10.7. The van der Waals surface area contributed by atoms with E-state index in [9.17, 15) is 4.79 Å². The number of benzene rings is 1. The van der Waals surface area contributed by atoms with Crippen molar-refractivity contribution in [1.82, 2.24) is 19.6 Å². The van der Waals surface area contributed by atoms with Gasteiger partial charge < -0.3 is 9.84 Å². The van der Waals surface area contributed by atoms with Crippen molar-refractivity contribution in [3.8, 4) is 11.6 Å². The highest BCUT2D eigenvalue weighted by atomic mass is 16.5. The molecule has 0 aliphatic carbocycles. The number of aryl methyl sites for hydroxylation is 1. The third kappa shape index (κ3) is 2.05. The number of nitrogens with zero attached hydrogens (tertiary/aromatic N) is 4. The lowest BCUT2D eigenvalue weighted by atomic mass is 10.1. The molecule has 7 heteroatoms. The predicted molar refractivity (Wildman–Crippen MR) is 69.0 cm³/mol. The summed E-state index contributed by atoms with van der Waals surface area (Å²) in [5.41, 5.74) is 1.42. The minimum atomic E-state index is -1.01. The standard InChI is InChI=1S/C13H10N4O3/c1-8-2-3-9(13(18)19)6-10(8)20-12-11-16-15-7-17(11)5-4-14-12/h2-7H,1H3,(H,18,19). The van der Waals surface area contributed by atoms with Gasteiger partial charge in [0.2, 0.25) is 5.65 Å². The molecule has 0 saturated carbocycles. The van der Waals surface area contributed by atoms with E-state index >= 15 is 0 Å². The molecule has 2 aromatic heterocycles. The Morgan fingerprint density at radius 3 is 3.05 bits per heavy atom. The Hall–Kier alpha value is -2.96. The summed E-state index contributed by atoms with van der Waals surface area (Å²) < 4.78 is 7.34. The first-order valence-corrected chi connectivity index (χ1v) is 5.81. The fraction of sp³-hybridized carbons (Fsp3) is 0.0769. The van der Waals surface area contributed by atoms with E-state index in [1.54, 1.807) is 22.9 Å². The van der Waals surface area contributed by atoms with Crippen molar-refractivity contribution in [2.45, 2.75) is 6.92 Å². The zero-order chi connectivity index (χ0) is 14.1. The average molecular weight is 270 g/mol. The maximum atomic E-state index is 11.0. The highest BCUT2D eigenvalue weighted by molar-refractivity contribution is 5.88. The van der Waals surface area contributed by atoms with Crippen LogP contribution in [0, 0.1) is 6.92 Å². The molecule has 100 valence electrons. The molecule has 0 unspecified atom stereocenters. The van der Waals surface area contributed by atoms with Crippen LogP contribution in [-0.2, 0) is 0 Å². The van der Waals surface area contributed by atoms with Crippen molar-refractivity contribution in [1.29, 1.82) is 0 Å². The lowest BCUT2D eigenvalue weighted by Gasteiger charge is -2.08. The van der Waals surface area contributed by atoms with E-state index in [2.05, 4.69) is 15.2 Å². The third-order valence-corrected chi connectivity index (χ3v) is 2.83. The van der Waals surface area contributed by atoms with Gasteiger partial charge in [-0.25, -0.2) is 9.78 Å². The lowest BCUT2D eigenvalue weighted by molar-refractivity contribution is 0.0696. The first-order chi connectivity index (χ1) is 9.65. The molecule has 20 heavy (non-hydrogen) atoms. The van der Waals surface area contributed by atoms with Gasteiger partial charge in [-0.15, -0.1) is 10.2 Å². The molecule has 3 rings (SSSR count). The molecule has 7 nitrogen and oxygen atoms in total. The van der Waals surface area contributed by atoms with Gasteiger partial charge in [-0.3, -0.25) is 4.40 Å². The second-order valence-electron chi connectivity index (χ2n) is 4.18. The van der Waals surface area contributed by atoms with E-state index in [0.29, 0.717) is 11.4 Å². The summed E-state index contributed by atoms with van der Waals surface area (Å²) in [4.78, 5) is 15.1. The smallest absolute Gasteiger partial charge is 0.335 e. The third-order valence-electron chi connectivity index (χ3n) is 2.83. The van der Waals surface area contributed by atoms with Crippen molar-refractivity contribution in [3.05, 3.63) is 48.0 Å². The highest BCUT2D eigenvalue weighted by Gasteiger charge is 2.11. The Bertz CT molecular complexity index is 797. The van der Waals surface area contributed by atoms with Crippen LogP contribution in [-0.4, -0.2) is 30.7 Å². The minimum Gasteiger partial charge on any atom is -0.478 e. The van der Waals surface area contributed by atoms with Crippen LogP contribution in [0.1, 0.15) is 15.9 Å². The summed E-state index contributed by atoms with van der Waals surface area (Å²) in [6.45, 7) is 1.82. The molecule has 0 spiro atoms. The molecular weight excluding hydrogens is 260 g/mol. The second-order valence-corrected chi connectivity index (χ2v) is 4.18. The molecular formula is C13H10N4O3. The van der Waals surface area contributed by atoms with Crippen LogP contribution in [0.4, 0.5) is 0 Å². The quantitative estimate of drug-likeness (QED) is 0.782. The number of carbonyl (C=O) groups is 1. The molecule has 0 aliphatic rings. The predicted octanol–water partition coefficient (Wildman–Crippen LogP) is 1.92. The average Bonchev–Trinajstić information content (AvgIpc) is 2.90. The minimum absolute atomic E-state index is 0.152. The molecule has 0 atom stereocenters. The largest absolute Gasteiger partial charge is 0.478 e. The maximum absolute atomic E-state index is 11.0. The topological polar surface area (TPSA) is 89.6 Å². The van der Waals surface area contributed by atoms with Crippen molar-refractivity contribution in [2.75, 3.05) is 0 Å². The Balaban J connectivity index is 2.04. The van der Waals surface area contributed by atoms with Crippen molar-refractivity contribution in [3.63, 3.8) is 0 Å². The summed E-state index contributed by atoms with van der Waals surface area (Å²) in [7, 11) is 0. The number of hydrogen-bond acceptors (Lipinski definition) is 5. The van der Waals surface area contributed by atoms with Gasteiger partial charge in [0.1, 0.15) is 12.1 Å². The van der Waals surface area contributed by atoms with Crippen LogP contribution in [0.3, 0.4) is 0 Å². The van der Waals surface area contributed by atoms with Gasteiger partial charge in [0.05, 0.1) is 5.56 Å². The fourth-order valence-corrected chi connectivity index (χ4v) is 1.75. The van der Waals surface area contributed by atoms with Gasteiger partial charge in [0, 0.05) is 12.4 Å². The first kappa shape index (κ1) is 12.1. The number of aromatic carboxylic acids is 1. The SMILES string of the molecule is Cc1ccc(C(=O)O)cc1Oc1nccn2cnnc12. The molecule has 2 heterocycles. The van der Waals surface area contributed by atoms with Crippen LogP contribution >= 0.6 is 0 Å². The van der Waals surface area contributed by atoms with Crippen LogP contribution in [0.2, 0.25) is 0 Å². The number of rotatable bonds is 3. The van der Waals surface area contributed by atoms with Crippen LogP contribution < -0.4 is 4.74 Å². The maximum Gasteiger partial charge on any atom is 0.335 e. The van der Waals surface area contributed by atoms with E-state index in [1.165, 1.54) is 18.5 Å². The molecule has 0 radical (unpaired) electrons. The zero-order valence-electron chi connectivity index (χ0n) is 10.5. The van der Waals surface area contributed by atoms with Crippen LogP contribution in [0.5, 0.6) is 11.6 Å². The van der Waals surface area contributed by atoms with Crippen molar-refractivity contribution in [2.24, 2.45) is 0 Å². The summed E-state index contributed by atoms with van der Waals surface area (Å²) >= 11 is 0. The number of fused-ring (bicyclic) bond motifs is 1. The Labute approximate surface area is 113 Å². The van der Waals surface area contributed by atoms with Gasteiger partial charge >= 0.3 is 5.97 Å². The van der Waals surface area contributed by atoms with E-state index in [1.807, 2.05) is 6.92 Å². The van der Waals surface area contributed by atoms with Crippen molar-refractivity contribution >= 4 is 11.6 Å². The van der Waals surface area contributed by atoms with Gasteiger partial charge in [-0.1, -0.05) is 6.07 Å². The Kier molecular flexibility index (Phi) is 2.79. The molecule has 3 aromatic rings. The number of aromatic nitrogens is 4. The second kappa shape index (κ2) is 4.61. The van der Waals surface area contributed by atoms with E-state index < -0.39 is 5.97 Å². The molecule has 0 fully saturated rings. The van der Waals surface area contributed by atoms with E-state index in [4.69, 9.17) is 9.84 Å².